The van der Waals surface area contributed by atoms with E-state index in [1.165, 1.54) is 30.8 Å². The summed E-state index contributed by atoms with van der Waals surface area (Å²) in [5, 5.41) is 0. The number of hydrazine groups is 1. The van der Waals surface area contributed by atoms with Gasteiger partial charge in [0.05, 0.1) is 0 Å². The summed E-state index contributed by atoms with van der Waals surface area (Å²) in [4.78, 5) is 0. The first-order valence-corrected chi connectivity index (χ1v) is 6.18. The molecule has 0 aromatic carbocycles. The number of nitrogens with two attached hydrogens (primary N) is 1. The van der Waals surface area contributed by atoms with E-state index >= 15 is 0 Å². The van der Waals surface area contributed by atoms with Gasteiger partial charge in [-0.3, -0.25) is 11.3 Å². The van der Waals surface area contributed by atoms with Gasteiger partial charge in [0, 0.05) is 6.04 Å². The standard InChI is InChI=1S/C10H20N2S/c1-2-3-4-5-10(12-11)9-6-7-13-8-9/h2,9-10,12H,1,3-8,11H2. The highest BCUT2D eigenvalue weighted by atomic mass is 32.2. The minimum absolute atomic E-state index is 0.523. The van der Waals surface area contributed by atoms with Gasteiger partial charge < -0.3 is 0 Å². The Labute approximate surface area is 85.3 Å². The maximum absolute atomic E-state index is 5.55. The van der Waals surface area contributed by atoms with Crippen LogP contribution in [0.15, 0.2) is 12.7 Å². The number of hydrogen-bond donors (Lipinski definition) is 2. The number of hydrogen-bond acceptors (Lipinski definition) is 3. The lowest BCUT2D eigenvalue weighted by molar-refractivity contribution is 0.361. The van der Waals surface area contributed by atoms with E-state index in [0.717, 1.165) is 12.3 Å². The van der Waals surface area contributed by atoms with Gasteiger partial charge in [0.15, 0.2) is 0 Å². The zero-order valence-corrected chi connectivity index (χ0v) is 8.98. The van der Waals surface area contributed by atoms with Gasteiger partial charge in [-0.2, -0.15) is 11.8 Å². The zero-order valence-electron chi connectivity index (χ0n) is 8.17. The van der Waals surface area contributed by atoms with Crippen LogP contribution in [0, 0.1) is 5.92 Å². The summed E-state index contributed by atoms with van der Waals surface area (Å²) >= 11 is 2.05. The van der Waals surface area contributed by atoms with Crippen LogP contribution >= 0.6 is 11.8 Å². The van der Waals surface area contributed by atoms with E-state index in [0.29, 0.717) is 6.04 Å². The van der Waals surface area contributed by atoms with E-state index in [1.807, 2.05) is 17.8 Å². The summed E-state index contributed by atoms with van der Waals surface area (Å²) in [6, 6.07) is 0.523. The molecule has 0 radical (unpaired) electrons. The van der Waals surface area contributed by atoms with E-state index in [1.54, 1.807) is 0 Å². The predicted octanol–water partition coefficient (Wildman–Crippen LogP) is 1.93. The van der Waals surface area contributed by atoms with Crippen LogP contribution in [0.25, 0.3) is 0 Å². The van der Waals surface area contributed by atoms with E-state index in [4.69, 9.17) is 5.84 Å². The Kier molecular flexibility index (Phi) is 5.51. The molecule has 13 heavy (non-hydrogen) atoms. The molecule has 1 fully saturated rings. The molecule has 0 amide bonds. The molecule has 0 aliphatic carbocycles. The summed E-state index contributed by atoms with van der Waals surface area (Å²) in [7, 11) is 0. The van der Waals surface area contributed by atoms with Gasteiger partial charge in [-0.05, 0) is 43.1 Å². The van der Waals surface area contributed by atoms with Crippen LogP contribution in [0.3, 0.4) is 0 Å². The van der Waals surface area contributed by atoms with Crippen molar-refractivity contribution in [1.82, 2.24) is 5.43 Å². The molecule has 0 aromatic heterocycles. The fourth-order valence-corrected chi connectivity index (χ4v) is 3.15. The lowest BCUT2D eigenvalue weighted by Crippen LogP contribution is -2.40. The Morgan fingerprint density at radius 3 is 3.08 bits per heavy atom. The van der Waals surface area contributed by atoms with Crippen molar-refractivity contribution in [2.75, 3.05) is 11.5 Å². The molecule has 76 valence electrons. The SMILES string of the molecule is C=CCCCC(NN)C1CCSC1. The molecule has 2 atom stereocenters. The van der Waals surface area contributed by atoms with Crippen LogP contribution in [0.4, 0.5) is 0 Å². The third kappa shape index (κ3) is 3.71. The Morgan fingerprint density at radius 2 is 2.54 bits per heavy atom. The second kappa shape index (κ2) is 6.46. The minimum atomic E-state index is 0.523. The third-order valence-electron chi connectivity index (χ3n) is 2.67. The molecule has 1 saturated heterocycles. The van der Waals surface area contributed by atoms with Crippen molar-refractivity contribution in [2.45, 2.75) is 31.7 Å². The van der Waals surface area contributed by atoms with Crippen molar-refractivity contribution in [3.8, 4) is 0 Å². The van der Waals surface area contributed by atoms with Crippen molar-refractivity contribution < 1.29 is 0 Å². The molecular formula is C10H20N2S. The topological polar surface area (TPSA) is 38.0 Å². The average molecular weight is 200 g/mol. The van der Waals surface area contributed by atoms with E-state index in [-0.39, 0.29) is 0 Å². The molecule has 0 aromatic rings. The van der Waals surface area contributed by atoms with Crippen LogP contribution in [0.2, 0.25) is 0 Å². The zero-order chi connectivity index (χ0) is 9.52. The van der Waals surface area contributed by atoms with Gasteiger partial charge in [-0.25, -0.2) is 0 Å². The predicted molar refractivity (Wildman–Crippen MR) is 60.6 cm³/mol. The molecule has 1 rings (SSSR count). The molecule has 0 bridgehead atoms. The summed E-state index contributed by atoms with van der Waals surface area (Å²) in [5.41, 5.74) is 2.96. The highest BCUT2D eigenvalue weighted by molar-refractivity contribution is 7.99. The highest BCUT2D eigenvalue weighted by Crippen LogP contribution is 2.27. The van der Waals surface area contributed by atoms with Crippen molar-refractivity contribution in [3.63, 3.8) is 0 Å². The Balaban J connectivity index is 2.20. The quantitative estimate of drug-likeness (QED) is 0.298. The molecule has 0 saturated carbocycles. The van der Waals surface area contributed by atoms with Crippen LogP contribution in [-0.4, -0.2) is 17.5 Å². The van der Waals surface area contributed by atoms with Gasteiger partial charge in [0.2, 0.25) is 0 Å². The smallest absolute Gasteiger partial charge is 0.0247 e. The summed E-state index contributed by atoms with van der Waals surface area (Å²) < 4.78 is 0. The van der Waals surface area contributed by atoms with Crippen LogP contribution in [0.5, 0.6) is 0 Å². The second-order valence-corrected chi connectivity index (χ2v) is 4.77. The molecule has 3 heteroatoms. The summed E-state index contributed by atoms with van der Waals surface area (Å²) in [5.74, 6) is 8.93. The fraction of sp³-hybridized carbons (Fsp3) is 0.800. The Hall–Kier alpha value is 0.0100. The van der Waals surface area contributed by atoms with Crippen molar-refractivity contribution in [3.05, 3.63) is 12.7 Å². The molecule has 3 N–H and O–H groups in total. The maximum Gasteiger partial charge on any atom is 0.0247 e. The van der Waals surface area contributed by atoms with Gasteiger partial charge in [0.1, 0.15) is 0 Å². The van der Waals surface area contributed by atoms with Gasteiger partial charge in [-0.15, -0.1) is 6.58 Å². The molecular weight excluding hydrogens is 180 g/mol. The van der Waals surface area contributed by atoms with Gasteiger partial charge in [-0.1, -0.05) is 6.08 Å². The molecule has 1 aliphatic rings. The number of thioether (sulfide) groups is 1. The molecule has 1 heterocycles. The molecule has 2 nitrogen and oxygen atoms in total. The lowest BCUT2D eigenvalue weighted by Gasteiger charge is -2.21. The number of allylic oxidation sites excluding steroid dienone is 1. The average Bonchev–Trinajstić information content (AvgIpc) is 2.65. The van der Waals surface area contributed by atoms with Crippen LogP contribution < -0.4 is 11.3 Å². The van der Waals surface area contributed by atoms with Crippen LogP contribution in [-0.2, 0) is 0 Å². The minimum Gasteiger partial charge on any atom is -0.271 e. The highest BCUT2D eigenvalue weighted by Gasteiger charge is 2.23. The maximum atomic E-state index is 5.55. The summed E-state index contributed by atoms with van der Waals surface area (Å²) in [6.45, 7) is 3.73. The molecule has 1 aliphatic heterocycles. The summed E-state index contributed by atoms with van der Waals surface area (Å²) in [6.07, 6.45) is 6.82. The number of rotatable bonds is 6. The largest absolute Gasteiger partial charge is 0.271 e. The fourth-order valence-electron chi connectivity index (χ4n) is 1.81. The first-order valence-electron chi connectivity index (χ1n) is 5.03. The van der Waals surface area contributed by atoms with E-state index < -0.39 is 0 Å². The lowest BCUT2D eigenvalue weighted by atomic mass is 9.95. The van der Waals surface area contributed by atoms with Gasteiger partial charge in [0.25, 0.3) is 0 Å². The monoisotopic (exact) mass is 200 g/mol. The van der Waals surface area contributed by atoms with E-state index in [9.17, 15) is 0 Å². The normalized spacial score (nSPS) is 24.5. The molecule has 2 unspecified atom stereocenters. The van der Waals surface area contributed by atoms with Crippen molar-refractivity contribution in [2.24, 2.45) is 11.8 Å². The van der Waals surface area contributed by atoms with E-state index in [2.05, 4.69) is 12.0 Å². The second-order valence-electron chi connectivity index (χ2n) is 3.62. The van der Waals surface area contributed by atoms with Crippen molar-refractivity contribution in [1.29, 1.82) is 0 Å². The first kappa shape index (κ1) is 11.1. The number of nitrogens with one attached hydrogen (secondary N) is 1. The Bertz CT molecular complexity index is 144. The molecule has 0 spiro atoms. The van der Waals surface area contributed by atoms with Crippen LogP contribution in [0.1, 0.15) is 25.7 Å². The van der Waals surface area contributed by atoms with Gasteiger partial charge >= 0.3 is 0 Å². The Morgan fingerprint density at radius 1 is 1.69 bits per heavy atom. The first-order chi connectivity index (χ1) is 6.38. The van der Waals surface area contributed by atoms with Crippen molar-refractivity contribution >= 4 is 11.8 Å². The third-order valence-corrected chi connectivity index (χ3v) is 3.86. The number of unbranched alkanes of at least 4 members (excludes halogenated alkanes) is 1.